The summed E-state index contributed by atoms with van der Waals surface area (Å²) in [6, 6.07) is 14.9. The van der Waals surface area contributed by atoms with Crippen molar-refractivity contribution in [3.63, 3.8) is 0 Å². The number of ether oxygens (including phenoxy) is 1. The highest BCUT2D eigenvalue weighted by Crippen LogP contribution is 2.24. The molecule has 2 aromatic heterocycles. The first-order valence-corrected chi connectivity index (χ1v) is 8.78. The van der Waals surface area contributed by atoms with Crippen molar-refractivity contribution in [2.45, 2.75) is 6.92 Å². The van der Waals surface area contributed by atoms with Crippen LogP contribution in [0.25, 0.3) is 21.7 Å². The highest BCUT2D eigenvalue weighted by molar-refractivity contribution is 7.20. The molecular formula is C18H14N4O3S. The molecule has 0 saturated carbocycles. The van der Waals surface area contributed by atoms with Crippen LogP contribution in [0.4, 0.5) is 6.01 Å². The van der Waals surface area contributed by atoms with Gasteiger partial charge in [0.2, 0.25) is 5.89 Å². The number of para-hydroxylation sites is 1. The molecule has 0 atom stereocenters. The largest absolute Gasteiger partial charge is 0.494 e. The van der Waals surface area contributed by atoms with Crippen molar-refractivity contribution in [2.75, 3.05) is 11.9 Å². The van der Waals surface area contributed by atoms with Gasteiger partial charge >= 0.3 is 6.01 Å². The average Bonchev–Trinajstić information content (AvgIpc) is 3.29. The van der Waals surface area contributed by atoms with Gasteiger partial charge in [0, 0.05) is 5.56 Å². The van der Waals surface area contributed by atoms with Gasteiger partial charge < -0.3 is 9.15 Å². The maximum absolute atomic E-state index is 12.3. The Bertz CT molecular complexity index is 1020. The van der Waals surface area contributed by atoms with E-state index in [0.29, 0.717) is 17.5 Å². The lowest BCUT2D eigenvalue weighted by Gasteiger charge is -2.02. The maximum atomic E-state index is 12.3. The summed E-state index contributed by atoms with van der Waals surface area (Å²) in [7, 11) is 0. The predicted molar refractivity (Wildman–Crippen MR) is 98.5 cm³/mol. The van der Waals surface area contributed by atoms with Gasteiger partial charge in [-0.25, -0.2) is 4.98 Å². The summed E-state index contributed by atoms with van der Waals surface area (Å²) in [5.74, 6) is 0.695. The number of benzene rings is 2. The highest BCUT2D eigenvalue weighted by atomic mass is 32.1. The summed E-state index contributed by atoms with van der Waals surface area (Å²) < 4.78 is 11.9. The van der Waals surface area contributed by atoms with E-state index in [1.165, 1.54) is 11.3 Å². The van der Waals surface area contributed by atoms with Gasteiger partial charge in [-0.05, 0) is 43.3 Å². The average molecular weight is 366 g/mol. The SMILES string of the molecule is CCOc1ccc(-c2nnc(NC(=O)c3nc4ccccc4s3)o2)cc1. The molecule has 0 radical (unpaired) electrons. The summed E-state index contributed by atoms with van der Waals surface area (Å²) in [6.07, 6.45) is 0. The molecule has 1 amide bonds. The third kappa shape index (κ3) is 3.27. The fourth-order valence-corrected chi connectivity index (χ4v) is 3.23. The third-order valence-corrected chi connectivity index (χ3v) is 4.58. The second kappa shape index (κ2) is 6.93. The van der Waals surface area contributed by atoms with Gasteiger partial charge in [-0.15, -0.1) is 16.4 Å². The number of nitrogens with zero attached hydrogens (tertiary/aromatic N) is 3. The van der Waals surface area contributed by atoms with Crippen LogP contribution in [0.2, 0.25) is 0 Å². The molecule has 0 aliphatic heterocycles. The Balaban J connectivity index is 1.49. The molecule has 1 N–H and O–H groups in total. The van der Waals surface area contributed by atoms with Crippen molar-refractivity contribution in [3.05, 3.63) is 53.5 Å². The molecule has 2 heterocycles. The lowest BCUT2D eigenvalue weighted by atomic mass is 10.2. The molecule has 0 unspecified atom stereocenters. The Labute approximate surface area is 152 Å². The van der Waals surface area contributed by atoms with Crippen LogP contribution in [0.1, 0.15) is 16.7 Å². The normalized spacial score (nSPS) is 10.8. The first kappa shape index (κ1) is 16.2. The molecule has 0 spiro atoms. The quantitative estimate of drug-likeness (QED) is 0.574. The fraction of sp³-hybridized carbons (Fsp3) is 0.111. The Morgan fingerprint density at radius 2 is 1.96 bits per heavy atom. The second-order valence-electron chi connectivity index (χ2n) is 5.31. The van der Waals surface area contributed by atoms with Crippen molar-refractivity contribution in [1.29, 1.82) is 0 Å². The van der Waals surface area contributed by atoms with E-state index in [2.05, 4.69) is 20.5 Å². The number of hydrogen-bond acceptors (Lipinski definition) is 7. The van der Waals surface area contributed by atoms with Crippen LogP contribution < -0.4 is 10.1 Å². The molecule has 2 aromatic carbocycles. The molecule has 4 rings (SSSR count). The first-order chi connectivity index (χ1) is 12.7. The first-order valence-electron chi connectivity index (χ1n) is 7.96. The lowest BCUT2D eigenvalue weighted by Crippen LogP contribution is -2.11. The van der Waals surface area contributed by atoms with Gasteiger partial charge in [0.1, 0.15) is 5.75 Å². The van der Waals surface area contributed by atoms with E-state index >= 15 is 0 Å². The van der Waals surface area contributed by atoms with Crippen LogP contribution in [-0.2, 0) is 0 Å². The summed E-state index contributed by atoms with van der Waals surface area (Å²) >= 11 is 1.31. The minimum atomic E-state index is -0.381. The molecule has 0 fully saturated rings. The molecule has 0 aliphatic rings. The van der Waals surface area contributed by atoms with Crippen molar-refractivity contribution < 1.29 is 13.9 Å². The number of nitrogens with one attached hydrogen (secondary N) is 1. The van der Waals surface area contributed by atoms with E-state index in [1.54, 1.807) is 0 Å². The summed E-state index contributed by atoms with van der Waals surface area (Å²) in [6.45, 7) is 2.52. The molecule has 0 saturated heterocycles. The molecule has 0 bridgehead atoms. The number of carbonyl (C=O) groups is 1. The molecule has 0 aliphatic carbocycles. The smallest absolute Gasteiger partial charge is 0.322 e. The molecular weight excluding hydrogens is 352 g/mol. The van der Waals surface area contributed by atoms with E-state index in [0.717, 1.165) is 21.5 Å². The number of hydrogen-bond donors (Lipinski definition) is 1. The zero-order valence-electron chi connectivity index (χ0n) is 13.8. The minimum absolute atomic E-state index is 0.0261. The van der Waals surface area contributed by atoms with Crippen LogP contribution in [0, 0.1) is 0 Å². The van der Waals surface area contributed by atoms with Crippen LogP contribution in [0.15, 0.2) is 52.9 Å². The van der Waals surface area contributed by atoms with Gasteiger partial charge in [-0.3, -0.25) is 10.1 Å². The zero-order valence-corrected chi connectivity index (χ0v) is 14.6. The van der Waals surface area contributed by atoms with Crippen LogP contribution in [-0.4, -0.2) is 27.7 Å². The van der Waals surface area contributed by atoms with E-state index in [1.807, 2.05) is 55.5 Å². The van der Waals surface area contributed by atoms with Crippen molar-refractivity contribution in [2.24, 2.45) is 0 Å². The number of fused-ring (bicyclic) bond motifs is 1. The fourth-order valence-electron chi connectivity index (χ4n) is 2.37. The van der Waals surface area contributed by atoms with Crippen molar-refractivity contribution >= 4 is 33.5 Å². The van der Waals surface area contributed by atoms with Gasteiger partial charge in [0.05, 0.1) is 16.8 Å². The maximum Gasteiger partial charge on any atom is 0.322 e. The van der Waals surface area contributed by atoms with Crippen LogP contribution >= 0.6 is 11.3 Å². The summed E-state index contributed by atoms with van der Waals surface area (Å²) in [4.78, 5) is 16.6. The van der Waals surface area contributed by atoms with Crippen molar-refractivity contribution in [1.82, 2.24) is 15.2 Å². The van der Waals surface area contributed by atoms with Gasteiger partial charge in [0.25, 0.3) is 5.91 Å². The summed E-state index contributed by atoms with van der Waals surface area (Å²) in [5, 5.41) is 10.8. The monoisotopic (exact) mass is 366 g/mol. The predicted octanol–water partition coefficient (Wildman–Crippen LogP) is 4.00. The van der Waals surface area contributed by atoms with Gasteiger partial charge in [-0.2, -0.15) is 0 Å². The molecule has 130 valence electrons. The zero-order chi connectivity index (χ0) is 17.9. The van der Waals surface area contributed by atoms with E-state index in [4.69, 9.17) is 9.15 Å². The Morgan fingerprint density at radius 1 is 1.15 bits per heavy atom. The number of thiazole rings is 1. The standard InChI is InChI=1S/C18H14N4O3S/c1-2-24-12-9-7-11(8-10-12)16-21-22-18(25-16)20-15(23)17-19-13-5-3-4-6-14(13)26-17/h3-10H,2H2,1H3,(H,20,22,23). The third-order valence-electron chi connectivity index (χ3n) is 3.55. The Hall–Kier alpha value is -3.26. The van der Waals surface area contributed by atoms with E-state index < -0.39 is 0 Å². The molecule has 4 aromatic rings. The summed E-state index contributed by atoms with van der Waals surface area (Å²) in [5.41, 5.74) is 1.52. The second-order valence-corrected chi connectivity index (χ2v) is 6.34. The van der Waals surface area contributed by atoms with Crippen LogP contribution in [0.5, 0.6) is 5.75 Å². The molecule has 7 nitrogen and oxygen atoms in total. The Morgan fingerprint density at radius 3 is 2.73 bits per heavy atom. The minimum Gasteiger partial charge on any atom is -0.494 e. The van der Waals surface area contributed by atoms with Crippen LogP contribution in [0.3, 0.4) is 0 Å². The number of aromatic nitrogens is 3. The van der Waals surface area contributed by atoms with E-state index in [-0.39, 0.29) is 11.9 Å². The van der Waals surface area contributed by atoms with Crippen molar-refractivity contribution in [3.8, 4) is 17.2 Å². The van der Waals surface area contributed by atoms with Gasteiger partial charge in [-0.1, -0.05) is 17.2 Å². The Kier molecular flexibility index (Phi) is 4.32. The topological polar surface area (TPSA) is 90.1 Å². The number of amides is 1. The number of carbonyl (C=O) groups excluding carboxylic acids is 1. The number of rotatable bonds is 5. The lowest BCUT2D eigenvalue weighted by molar-refractivity contribution is 0.102. The molecule has 8 heteroatoms. The van der Waals surface area contributed by atoms with Gasteiger partial charge in [0.15, 0.2) is 5.01 Å². The van der Waals surface area contributed by atoms with E-state index in [9.17, 15) is 4.79 Å². The molecule has 26 heavy (non-hydrogen) atoms. The number of anilines is 1. The highest BCUT2D eigenvalue weighted by Gasteiger charge is 2.16.